The lowest BCUT2D eigenvalue weighted by Crippen LogP contribution is -2.23. The van der Waals surface area contributed by atoms with Gasteiger partial charge in [-0.15, -0.1) is 0 Å². The molecular weight excluding hydrogens is 398 g/mol. The molecule has 0 aliphatic rings. The van der Waals surface area contributed by atoms with Crippen molar-refractivity contribution in [1.82, 2.24) is 18.7 Å². The van der Waals surface area contributed by atoms with Crippen LogP contribution in [0.3, 0.4) is 0 Å². The zero-order valence-electron chi connectivity index (χ0n) is 16.4. The van der Waals surface area contributed by atoms with Gasteiger partial charge in [0.1, 0.15) is 17.6 Å². The number of ether oxygens (including phenoxy) is 1. The van der Waals surface area contributed by atoms with Crippen LogP contribution in [0, 0.1) is 6.92 Å². The lowest BCUT2D eigenvalue weighted by atomic mass is 9.97. The third-order valence-corrected chi connectivity index (χ3v) is 5.08. The fourth-order valence-electron chi connectivity index (χ4n) is 3.00. The topological polar surface area (TPSA) is 89.9 Å². The van der Waals surface area contributed by atoms with Crippen LogP contribution < -0.4 is 10.1 Å². The van der Waals surface area contributed by atoms with E-state index >= 15 is 0 Å². The Morgan fingerprint density at radius 3 is 2.53 bits per heavy atom. The lowest BCUT2D eigenvalue weighted by Gasteiger charge is -2.18. The van der Waals surface area contributed by atoms with E-state index in [1.165, 1.54) is 13.3 Å². The van der Waals surface area contributed by atoms with Crippen LogP contribution in [0.25, 0.3) is 11.3 Å². The number of carbonyl (C=O) groups excluding carboxylic acids is 1. The van der Waals surface area contributed by atoms with Gasteiger partial charge in [-0.1, -0.05) is 60.2 Å². The van der Waals surface area contributed by atoms with Crippen molar-refractivity contribution < 1.29 is 9.53 Å². The summed E-state index contributed by atoms with van der Waals surface area (Å²) in [5.74, 6) is 0.587. The molecule has 0 aliphatic carbocycles. The molecule has 0 amide bonds. The highest BCUT2D eigenvalue weighted by molar-refractivity contribution is 6.99. The lowest BCUT2D eigenvalue weighted by molar-refractivity contribution is 0.0966. The second-order valence-electron chi connectivity index (χ2n) is 6.63. The number of nitrogens with one attached hydrogen (secondary N) is 1. The van der Waals surface area contributed by atoms with Gasteiger partial charge in [0, 0.05) is 5.56 Å². The molecule has 0 aliphatic heterocycles. The molecule has 2 aromatic heterocycles. The van der Waals surface area contributed by atoms with Gasteiger partial charge in [-0.3, -0.25) is 9.78 Å². The summed E-state index contributed by atoms with van der Waals surface area (Å²) in [7, 11) is 1.52. The Balaban J connectivity index is 1.73. The first-order valence-electron chi connectivity index (χ1n) is 9.27. The Hall–Kier alpha value is -3.65. The number of aryl methyl sites for hydroxylation is 1. The molecule has 1 N–H and O–H groups in total. The number of benzene rings is 2. The van der Waals surface area contributed by atoms with Crippen molar-refractivity contribution in [3.8, 4) is 17.1 Å². The van der Waals surface area contributed by atoms with Crippen LogP contribution >= 0.6 is 11.7 Å². The van der Waals surface area contributed by atoms with Crippen LogP contribution in [0.1, 0.15) is 27.7 Å². The SMILES string of the molecule is COc1cncc(NC(C(=O)c2nsnc2-c2ccccc2)c2ccc(C)cc2)n1. The molecule has 0 saturated carbocycles. The Morgan fingerprint density at radius 2 is 1.80 bits per heavy atom. The van der Waals surface area contributed by atoms with E-state index in [-0.39, 0.29) is 5.78 Å². The van der Waals surface area contributed by atoms with Crippen LogP contribution in [0.2, 0.25) is 0 Å². The van der Waals surface area contributed by atoms with Gasteiger partial charge in [-0.25, -0.2) is 0 Å². The van der Waals surface area contributed by atoms with Crippen LogP contribution in [0.4, 0.5) is 5.82 Å². The van der Waals surface area contributed by atoms with E-state index in [0.29, 0.717) is 23.1 Å². The van der Waals surface area contributed by atoms with E-state index in [4.69, 9.17) is 4.74 Å². The summed E-state index contributed by atoms with van der Waals surface area (Å²) in [4.78, 5) is 22.1. The number of nitrogens with zero attached hydrogens (tertiary/aromatic N) is 4. The zero-order chi connectivity index (χ0) is 20.9. The van der Waals surface area contributed by atoms with Gasteiger partial charge in [-0.05, 0) is 12.5 Å². The molecule has 8 heteroatoms. The Morgan fingerprint density at radius 1 is 1.03 bits per heavy atom. The molecule has 0 saturated heterocycles. The van der Waals surface area contributed by atoms with E-state index in [9.17, 15) is 4.79 Å². The molecule has 150 valence electrons. The van der Waals surface area contributed by atoms with Crippen LogP contribution in [-0.2, 0) is 0 Å². The van der Waals surface area contributed by atoms with Crippen molar-refractivity contribution in [2.24, 2.45) is 0 Å². The van der Waals surface area contributed by atoms with E-state index in [1.54, 1.807) is 6.20 Å². The van der Waals surface area contributed by atoms with Crippen molar-refractivity contribution in [3.05, 3.63) is 83.8 Å². The molecule has 2 aromatic carbocycles. The first-order valence-corrected chi connectivity index (χ1v) is 10.00. The van der Waals surface area contributed by atoms with Gasteiger partial charge in [0.15, 0.2) is 5.69 Å². The number of aromatic nitrogens is 4. The average Bonchev–Trinajstić information content (AvgIpc) is 3.28. The smallest absolute Gasteiger partial charge is 0.233 e. The summed E-state index contributed by atoms with van der Waals surface area (Å²) in [5, 5.41) is 3.19. The monoisotopic (exact) mass is 417 g/mol. The maximum atomic E-state index is 13.6. The number of ketones is 1. The van der Waals surface area contributed by atoms with E-state index in [1.807, 2.05) is 61.5 Å². The fraction of sp³-hybridized carbons (Fsp3) is 0.136. The number of carbonyl (C=O) groups is 1. The second-order valence-corrected chi connectivity index (χ2v) is 7.15. The molecule has 4 aromatic rings. The van der Waals surface area contributed by atoms with E-state index in [2.05, 4.69) is 24.0 Å². The molecular formula is C22H19N5O2S. The molecule has 30 heavy (non-hydrogen) atoms. The Labute approximate surface area is 178 Å². The highest BCUT2D eigenvalue weighted by atomic mass is 32.1. The molecule has 0 bridgehead atoms. The van der Waals surface area contributed by atoms with Gasteiger partial charge in [0.05, 0.1) is 31.2 Å². The predicted octanol–water partition coefficient (Wildman–Crippen LogP) is 4.35. The van der Waals surface area contributed by atoms with Crippen molar-refractivity contribution >= 4 is 23.3 Å². The number of anilines is 1. The minimum atomic E-state index is -0.710. The summed E-state index contributed by atoms with van der Waals surface area (Å²) in [6, 6.07) is 16.6. The molecule has 7 nitrogen and oxygen atoms in total. The normalized spacial score (nSPS) is 11.7. The average molecular weight is 417 g/mol. The largest absolute Gasteiger partial charge is 0.480 e. The maximum absolute atomic E-state index is 13.6. The molecule has 1 atom stereocenters. The quantitative estimate of drug-likeness (QED) is 0.447. The predicted molar refractivity (Wildman–Crippen MR) is 116 cm³/mol. The van der Waals surface area contributed by atoms with Crippen LogP contribution in [-0.4, -0.2) is 31.6 Å². The third kappa shape index (κ3) is 4.18. The fourth-order valence-corrected chi connectivity index (χ4v) is 3.57. The van der Waals surface area contributed by atoms with Crippen LogP contribution in [0.5, 0.6) is 5.88 Å². The number of rotatable bonds is 7. The van der Waals surface area contributed by atoms with Gasteiger partial charge < -0.3 is 10.1 Å². The van der Waals surface area contributed by atoms with Crippen molar-refractivity contribution in [1.29, 1.82) is 0 Å². The van der Waals surface area contributed by atoms with Gasteiger partial charge in [0.25, 0.3) is 0 Å². The molecule has 0 spiro atoms. The van der Waals surface area contributed by atoms with Crippen molar-refractivity contribution in [3.63, 3.8) is 0 Å². The molecule has 0 radical (unpaired) electrons. The number of Topliss-reactive ketones (excluding diaryl/α,β-unsaturated/α-hetero) is 1. The standard InChI is InChI=1S/C22H19N5O2S/c1-14-8-10-16(11-9-14)20(25-17-12-23-13-18(24-17)29-2)22(28)21-19(26-30-27-21)15-6-4-3-5-7-15/h3-13,20H,1-2H3,(H,24,25). The van der Waals surface area contributed by atoms with Gasteiger partial charge in [-0.2, -0.15) is 13.7 Å². The highest BCUT2D eigenvalue weighted by Crippen LogP contribution is 2.28. The highest BCUT2D eigenvalue weighted by Gasteiger charge is 2.28. The van der Waals surface area contributed by atoms with Crippen molar-refractivity contribution in [2.45, 2.75) is 13.0 Å². The third-order valence-electron chi connectivity index (χ3n) is 4.56. The second kappa shape index (κ2) is 8.79. The molecule has 4 rings (SSSR count). The number of hydrogen-bond donors (Lipinski definition) is 1. The van der Waals surface area contributed by atoms with E-state index in [0.717, 1.165) is 28.4 Å². The molecule has 1 unspecified atom stereocenters. The number of methoxy groups -OCH3 is 1. The van der Waals surface area contributed by atoms with E-state index < -0.39 is 6.04 Å². The Kier molecular flexibility index (Phi) is 5.76. The summed E-state index contributed by atoms with van der Waals surface area (Å²) in [6.45, 7) is 2.00. The number of hydrogen-bond acceptors (Lipinski definition) is 8. The Bertz CT molecular complexity index is 1150. The maximum Gasteiger partial charge on any atom is 0.233 e. The summed E-state index contributed by atoms with van der Waals surface area (Å²) in [5.41, 5.74) is 3.63. The van der Waals surface area contributed by atoms with Crippen LogP contribution in [0.15, 0.2) is 67.0 Å². The summed E-state index contributed by atoms with van der Waals surface area (Å²) in [6.07, 6.45) is 3.06. The molecule has 0 fully saturated rings. The first-order chi connectivity index (χ1) is 14.7. The van der Waals surface area contributed by atoms with Gasteiger partial charge >= 0.3 is 0 Å². The molecule has 2 heterocycles. The summed E-state index contributed by atoms with van der Waals surface area (Å²) >= 11 is 1.02. The summed E-state index contributed by atoms with van der Waals surface area (Å²) < 4.78 is 13.8. The zero-order valence-corrected chi connectivity index (χ0v) is 17.3. The minimum Gasteiger partial charge on any atom is -0.480 e. The van der Waals surface area contributed by atoms with Crippen molar-refractivity contribution in [2.75, 3.05) is 12.4 Å². The first kappa shape index (κ1) is 19.7. The van der Waals surface area contributed by atoms with Gasteiger partial charge in [0.2, 0.25) is 11.7 Å². The minimum absolute atomic E-state index is 0.198.